The second-order valence-electron chi connectivity index (χ2n) is 9.19. The van der Waals surface area contributed by atoms with Gasteiger partial charge in [0.2, 0.25) is 0 Å². The Hall–Kier alpha value is -4.46. The summed E-state index contributed by atoms with van der Waals surface area (Å²) in [7, 11) is 0. The Kier molecular flexibility index (Phi) is 6.96. The van der Waals surface area contributed by atoms with Crippen LogP contribution in [-0.2, 0) is 9.59 Å². The van der Waals surface area contributed by atoms with Crippen LogP contribution in [0.5, 0.6) is 23.0 Å². The molecule has 0 aliphatic carbocycles. The third-order valence-electron chi connectivity index (χ3n) is 6.23. The van der Waals surface area contributed by atoms with E-state index in [1.54, 1.807) is 54.6 Å². The van der Waals surface area contributed by atoms with E-state index in [0.29, 0.717) is 59.6 Å². The van der Waals surface area contributed by atoms with Gasteiger partial charge < -0.3 is 24.1 Å². The predicted octanol–water partition coefficient (Wildman–Crippen LogP) is 5.27. The topological polar surface area (TPSA) is 94.5 Å². The first kappa shape index (κ1) is 25.2. The Bertz CT molecular complexity index is 1390. The number of aliphatic hydroxyl groups is 1. The van der Waals surface area contributed by atoms with Crippen molar-refractivity contribution in [2.45, 2.75) is 32.9 Å². The summed E-state index contributed by atoms with van der Waals surface area (Å²) >= 11 is 0. The first-order chi connectivity index (χ1) is 18.4. The van der Waals surface area contributed by atoms with E-state index >= 15 is 0 Å². The van der Waals surface area contributed by atoms with Crippen LogP contribution in [0.1, 0.15) is 37.9 Å². The third-order valence-corrected chi connectivity index (χ3v) is 6.23. The predicted molar refractivity (Wildman–Crippen MR) is 142 cm³/mol. The fourth-order valence-electron chi connectivity index (χ4n) is 4.66. The lowest BCUT2D eigenvalue weighted by atomic mass is 9.94. The molecule has 8 nitrogen and oxygen atoms in total. The van der Waals surface area contributed by atoms with E-state index in [4.69, 9.17) is 18.9 Å². The molecule has 1 N–H and O–H groups in total. The van der Waals surface area contributed by atoms with E-state index < -0.39 is 17.7 Å². The summed E-state index contributed by atoms with van der Waals surface area (Å²) < 4.78 is 22.7. The van der Waals surface area contributed by atoms with Crippen molar-refractivity contribution in [3.05, 3.63) is 83.4 Å². The molecule has 1 saturated heterocycles. The average Bonchev–Trinajstić information content (AvgIpc) is 3.18. The molecule has 5 rings (SSSR count). The van der Waals surface area contributed by atoms with Crippen LogP contribution in [0.2, 0.25) is 0 Å². The van der Waals surface area contributed by atoms with Crippen LogP contribution < -0.4 is 23.8 Å². The molecule has 2 heterocycles. The minimum absolute atomic E-state index is 0.0257. The maximum Gasteiger partial charge on any atom is 0.300 e. The number of nitrogens with zero attached hydrogens (tertiary/aromatic N) is 1. The Balaban J connectivity index is 1.65. The molecule has 1 atom stereocenters. The molecule has 1 amide bonds. The normalized spacial score (nSPS) is 18.1. The van der Waals surface area contributed by atoms with Gasteiger partial charge >= 0.3 is 0 Å². The SMILES string of the molecule is CCOc1ccc(N2C(=O)C(=O)/C(=C(\O)c3ccc4c(c3)OCCO4)C2c2cccc(OC(C)C)c2)cc1. The molecule has 0 saturated carbocycles. The second kappa shape index (κ2) is 10.5. The number of ether oxygens (including phenoxy) is 4. The number of aliphatic hydroxyl groups excluding tert-OH is 1. The summed E-state index contributed by atoms with van der Waals surface area (Å²) in [6, 6.07) is 18.2. The molecular weight excluding hydrogens is 486 g/mol. The second-order valence-corrected chi connectivity index (χ2v) is 9.19. The first-order valence-electron chi connectivity index (χ1n) is 12.6. The van der Waals surface area contributed by atoms with E-state index in [0.717, 1.165) is 0 Å². The first-order valence-corrected chi connectivity index (χ1v) is 12.6. The maximum absolute atomic E-state index is 13.5. The standard InChI is InChI=1S/C30H29NO7/c1-4-35-22-11-9-21(10-12-22)31-27(19-6-5-7-23(16-19)38-18(2)3)26(29(33)30(31)34)28(32)20-8-13-24-25(17-20)37-15-14-36-24/h5-13,16-18,27,32H,4,14-15H2,1-3H3/b28-26-. The van der Waals surface area contributed by atoms with Crippen LogP contribution in [0.4, 0.5) is 5.69 Å². The molecule has 3 aromatic rings. The van der Waals surface area contributed by atoms with Crippen LogP contribution in [0.15, 0.2) is 72.3 Å². The molecule has 0 radical (unpaired) electrons. The fourth-order valence-corrected chi connectivity index (χ4v) is 4.66. The minimum atomic E-state index is -0.892. The molecular formula is C30H29NO7. The van der Waals surface area contributed by atoms with Gasteiger partial charge in [0.25, 0.3) is 11.7 Å². The monoisotopic (exact) mass is 515 g/mol. The zero-order valence-electron chi connectivity index (χ0n) is 21.5. The lowest BCUT2D eigenvalue weighted by molar-refractivity contribution is -0.132. The van der Waals surface area contributed by atoms with E-state index in [-0.39, 0.29) is 17.4 Å². The molecule has 3 aromatic carbocycles. The zero-order valence-corrected chi connectivity index (χ0v) is 21.5. The van der Waals surface area contributed by atoms with E-state index in [1.165, 1.54) is 4.90 Å². The summed E-state index contributed by atoms with van der Waals surface area (Å²) in [5, 5.41) is 11.5. The number of amides is 1. The number of fused-ring (bicyclic) bond motifs is 1. The highest BCUT2D eigenvalue weighted by atomic mass is 16.6. The number of hydrogen-bond donors (Lipinski definition) is 1. The van der Waals surface area contributed by atoms with Crippen molar-refractivity contribution >= 4 is 23.1 Å². The molecule has 0 aromatic heterocycles. The van der Waals surface area contributed by atoms with Crippen LogP contribution in [0.25, 0.3) is 5.76 Å². The van der Waals surface area contributed by atoms with Crippen molar-refractivity contribution < 1.29 is 33.6 Å². The van der Waals surface area contributed by atoms with Gasteiger partial charge in [-0.2, -0.15) is 0 Å². The number of anilines is 1. The van der Waals surface area contributed by atoms with Crippen molar-refractivity contribution in [3.63, 3.8) is 0 Å². The van der Waals surface area contributed by atoms with Crippen molar-refractivity contribution in [1.29, 1.82) is 0 Å². The number of carbonyl (C=O) groups excluding carboxylic acids is 2. The van der Waals surface area contributed by atoms with E-state index in [1.807, 2.05) is 32.9 Å². The molecule has 1 unspecified atom stereocenters. The molecule has 196 valence electrons. The van der Waals surface area contributed by atoms with Gasteiger partial charge in [0.15, 0.2) is 11.5 Å². The number of benzene rings is 3. The number of rotatable bonds is 7. The largest absolute Gasteiger partial charge is 0.507 e. The number of carbonyl (C=O) groups is 2. The van der Waals surface area contributed by atoms with Crippen LogP contribution in [-0.4, -0.2) is 42.7 Å². The molecule has 0 bridgehead atoms. The van der Waals surface area contributed by atoms with E-state index in [2.05, 4.69) is 0 Å². The molecule has 38 heavy (non-hydrogen) atoms. The summed E-state index contributed by atoms with van der Waals surface area (Å²) in [5.41, 5.74) is 1.44. The quantitative estimate of drug-likeness (QED) is 0.260. The lowest BCUT2D eigenvalue weighted by Gasteiger charge is -2.26. The Morgan fingerprint density at radius 3 is 2.42 bits per heavy atom. The molecule has 2 aliphatic rings. The van der Waals surface area contributed by atoms with Gasteiger partial charge in [-0.25, -0.2) is 0 Å². The molecule has 1 fully saturated rings. The summed E-state index contributed by atoms with van der Waals surface area (Å²) in [4.78, 5) is 28.4. The average molecular weight is 516 g/mol. The Morgan fingerprint density at radius 2 is 1.71 bits per heavy atom. The zero-order chi connectivity index (χ0) is 26.8. The Labute approximate surface area is 221 Å². The smallest absolute Gasteiger partial charge is 0.300 e. The van der Waals surface area contributed by atoms with Crippen molar-refractivity contribution in [2.24, 2.45) is 0 Å². The van der Waals surface area contributed by atoms with E-state index in [9.17, 15) is 14.7 Å². The third kappa shape index (κ3) is 4.77. The Morgan fingerprint density at radius 1 is 0.974 bits per heavy atom. The summed E-state index contributed by atoms with van der Waals surface area (Å²) in [5.74, 6) is 0.429. The maximum atomic E-state index is 13.5. The van der Waals surface area contributed by atoms with Gasteiger partial charge in [-0.3, -0.25) is 14.5 Å². The lowest BCUT2D eigenvalue weighted by Crippen LogP contribution is -2.29. The summed E-state index contributed by atoms with van der Waals surface area (Å²) in [6.07, 6.45) is -0.0690. The summed E-state index contributed by atoms with van der Waals surface area (Å²) in [6.45, 7) is 7.03. The van der Waals surface area contributed by atoms with Gasteiger partial charge in [-0.1, -0.05) is 12.1 Å². The number of hydrogen-bond acceptors (Lipinski definition) is 7. The van der Waals surface area contributed by atoms with Gasteiger partial charge in [-0.05, 0) is 80.9 Å². The van der Waals surface area contributed by atoms with Gasteiger partial charge in [0, 0.05) is 11.3 Å². The van der Waals surface area contributed by atoms with Gasteiger partial charge in [0.1, 0.15) is 30.5 Å². The van der Waals surface area contributed by atoms with Gasteiger partial charge in [-0.15, -0.1) is 0 Å². The van der Waals surface area contributed by atoms with Crippen LogP contribution in [0.3, 0.4) is 0 Å². The number of Topliss-reactive ketones (excluding diaryl/α,β-unsaturated/α-hetero) is 1. The highest BCUT2D eigenvalue weighted by Crippen LogP contribution is 2.44. The highest BCUT2D eigenvalue weighted by molar-refractivity contribution is 6.51. The van der Waals surface area contributed by atoms with Crippen molar-refractivity contribution in [1.82, 2.24) is 0 Å². The molecule has 8 heteroatoms. The number of ketones is 1. The fraction of sp³-hybridized carbons (Fsp3) is 0.267. The molecule has 0 spiro atoms. The van der Waals surface area contributed by atoms with Gasteiger partial charge in [0.05, 0.1) is 24.3 Å². The van der Waals surface area contributed by atoms with Crippen LogP contribution in [0, 0.1) is 0 Å². The van der Waals surface area contributed by atoms with Crippen molar-refractivity contribution in [2.75, 3.05) is 24.7 Å². The molecule has 2 aliphatic heterocycles. The van der Waals surface area contributed by atoms with Crippen LogP contribution >= 0.6 is 0 Å². The van der Waals surface area contributed by atoms with Crippen molar-refractivity contribution in [3.8, 4) is 23.0 Å². The highest BCUT2D eigenvalue weighted by Gasteiger charge is 2.47. The minimum Gasteiger partial charge on any atom is -0.507 e.